The van der Waals surface area contributed by atoms with E-state index in [0.717, 1.165) is 0 Å². The van der Waals surface area contributed by atoms with E-state index in [4.69, 9.17) is 15.2 Å². The highest BCUT2D eigenvalue weighted by atomic mass is 31.1. The quantitative estimate of drug-likeness (QED) is 0.324. The molecule has 3 N–H and O–H groups in total. The van der Waals surface area contributed by atoms with E-state index < -0.39 is 22.6 Å². The molecule has 0 aromatic carbocycles. The highest BCUT2D eigenvalue weighted by Crippen LogP contribution is 2.21. The van der Waals surface area contributed by atoms with Crippen LogP contribution in [0.25, 0.3) is 0 Å². The van der Waals surface area contributed by atoms with E-state index in [1.165, 1.54) is 0 Å². The van der Waals surface area contributed by atoms with E-state index >= 15 is 0 Å². The summed E-state index contributed by atoms with van der Waals surface area (Å²) in [5.74, 6) is 0. The maximum absolute atomic E-state index is 9.72. The van der Waals surface area contributed by atoms with E-state index in [2.05, 4.69) is 9.05 Å². The fraction of sp³-hybridized carbons (Fsp3) is 0. The Morgan fingerprint density at radius 1 is 1.20 bits per heavy atom. The third-order valence-corrected chi connectivity index (χ3v) is 0.966. The average Bonchev–Trinajstić information content (AvgIpc) is 1.58. The Balaban J connectivity index is 3.65. The molecule has 0 aliphatic carbocycles. The molecule has 0 saturated heterocycles. The van der Waals surface area contributed by atoms with Crippen molar-refractivity contribution < 1.29 is 28.0 Å². The summed E-state index contributed by atoms with van der Waals surface area (Å²) in [6, 6.07) is 0. The maximum atomic E-state index is 9.72. The van der Waals surface area contributed by atoms with E-state index in [0.29, 0.717) is 0 Å². The summed E-state index contributed by atoms with van der Waals surface area (Å²) in [6.45, 7) is 0. The third-order valence-electron chi connectivity index (χ3n) is 0.322. The first kappa shape index (κ1) is 9.39. The van der Waals surface area contributed by atoms with Gasteiger partial charge in [-0.25, -0.2) is 5.41 Å². The van der Waals surface area contributed by atoms with Gasteiger partial charge in [-0.3, -0.25) is 0 Å². The normalized spacial score (nSPS) is 11.8. The average molecular weight is 187 g/mol. The predicted molar refractivity (Wildman–Crippen MR) is 29.5 cm³/mol. The first-order valence-corrected chi connectivity index (χ1v) is 4.05. The van der Waals surface area contributed by atoms with Gasteiger partial charge >= 0.3 is 22.6 Å². The van der Waals surface area contributed by atoms with Gasteiger partial charge in [-0.05, 0) is 0 Å². The molecule has 0 radical (unpaired) electrons. The van der Waals surface area contributed by atoms with Crippen LogP contribution < -0.4 is 0 Å². The molecular formula is CH3NO6P2+2. The standard InChI is InChI=1S/CHNO6P2/c2-1(7-9(3)4)8-10(5)6/h2H/p+2. The molecule has 0 aliphatic heterocycles. The second kappa shape index (κ2) is 4.24. The molecule has 56 valence electrons. The van der Waals surface area contributed by atoms with Gasteiger partial charge in [0.15, 0.2) is 0 Å². The lowest BCUT2D eigenvalue weighted by molar-refractivity contribution is 0.322. The van der Waals surface area contributed by atoms with Crippen LogP contribution in [0.5, 0.6) is 0 Å². The molecular weight excluding hydrogens is 184 g/mol. The van der Waals surface area contributed by atoms with Gasteiger partial charge in [0.25, 0.3) is 0 Å². The molecule has 0 aromatic rings. The van der Waals surface area contributed by atoms with Crippen molar-refractivity contribution in [1.29, 1.82) is 5.41 Å². The summed E-state index contributed by atoms with van der Waals surface area (Å²) in [6.07, 6.45) is -1.16. The van der Waals surface area contributed by atoms with Crippen LogP contribution in [0, 0.1) is 5.41 Å². The van der Waals surface area contributed by atoms with Crippen LogP contribution in [0.3, 0.4) is 0 Å². The summed E-state index contributed by atoms with van der Waals surface area (Å²) in [7, 11) is -6.02. The van der Waals surface area contributed by atoms with Crippen LogP contribution in [0.4, 0.5) is 0 Å². The molecule has 7 nitrogen and oxygen atoms in total. The predicted octanol–water partition coefficient (Wildman–Crippen LogP) is 0.254. The van der Waals surface area contributed by atoms with Gasteiger partial charge in [-0.1, -0.05) is 0 Å². The molecule has 9 heteroatoms. The summed E-state index contributed by atoms with van der Waals surface area (Å²) >= 11 is 0. The Morgan fingerprint density at radius 3 is 1.70 bits per heavy atom. The van der Waals surface area contributed by atoms with Crippen molar-refractivity contribution in [2.45, 2.75) is 0 Å². The topological polar surface area (TPSA) is 117 Å². The van der Waals surface area contributed by atoms with Crippen molar-refractivity contribution >= 4 is 22.6 Å². The molecule has 0 rings (SSSR count). The lowest BCUT2D eigenvalue weighted by atomic mass is 11.4. The Labute approximate surface area is 57.0 Å². The van der Waals surface area contributed by atoms with Gasteiger partial charge in [0.1, 0.15) is 0 Å². The Morgan fingerprint density at radius 2 is 1.50 bits per heavy atom. The zero-order chi connectivity index (χ0) is 8.15. The maximum Gasteiger partial charge on any atom is 0.752 e. The van der Waals surface area contributed by atoms with Crippen LogP contribution in [0.15, 0.2) is 0 Å². The van der Waals surface area contributed by atoms with E-state index in [1.807, 2.05) is 0 Å². The highest BCUT2D eigenvalue weighted by Gasteiger charge is 2.27. The second-order valence-electron chi connectivity index (χ2n) is 0.946. The zero-order valence-electron chi connectivity index (χ0n) is 4.42. The van der Waals surface area contributed by atoms with Crippen molar-refractivity contribution in [2.24, 2.45) is 0 Å². The lowest BCUT2D eigenvalue weighted by Crippen LogP contribution is -1.96. The van der Waals surface area contributed by atoms with Crippen LogP contribution >= 0.6 is 16.5 Å². The fourth-order valence-electron chi connectivity index (χ4n) is 0.159. The first-order chi connectivity index (χ1) is 4.52. The van der Waals surface area contributed by atoms with Crippen LogP contribution in [0.2, 0.25) is 0 Å². The monoisotopic (exact) mass is 187 g/mol. The largest absolute Gasteiger partial charge is 0.752 e. The van der Waals surface area contributed by atoms with E-state index in [-0.39, 0.29) is 0 Å². The van der Waals surface area contributed by atoms with E-state index in [1.54, 1.807) is 0 Å². The summed E-state index contributed by atoms with van der Waals surface area (Å²) < 4.78 is 26.7. The lowest BCUT2D eigenvalue weighted by Gasteiger charge is -1.78. The number of nitrogens with one attached hydrogen (secondary N) is 1. The van der Waals surface area contributed by atoms with Crippen molar-refractivity contribution in [1.82, 2.24) is 0 Å². The first-order valence-electron chi connectivity index (χ1n) is 1.79. The minimum absolute atomic E-state index is 1.16. The molecule has 0 aromatic heterocycles. The number of hydrogen-bond donors (Lipinski definition) is 3. The fourth-order valence-corrected chi connectivity index (χ4v) is 0.576. The minimum atomic E-state index is -3.01. The molecule has 0 spiro atoms. The Hall–Kier alpha value is -0.610. The molecule has 0 fully saturated rings. The van der Waals surface area contributed by atoms with E-state index in [9.17, 15) is 9.13 Å². The van der Waals surface area contributed by atoms with Gasteiger partial charge in [0, 0.05) is 9.13 Å². The van der Waals surface area contributed by atoms with Gasteiger partial charge < -0.3 is 0 Å². The highest BCUT2D eigenvalue weighted by molar-refractivity contribution is 7.34. The van der Waals surface area contributed by atoms with Gasteiger partial charge in [-0.2, -0.15) is 9.05 Å². The summed E-state index contributed by atoms with van der Waals surface area (Å²) in [5, 5.41) is 6.42. The third kappa shape index (κ3) is 5.53. The van der Waals surface area contributed by atoms with Crippen molar-refractivity contribution in [3.8, 4) is 0 Å². The smallest absolute Gasteiger partial charge is 0.225 e. The minimum Gasteiger partial charge on any atom is -0.225 e. The molecule has 0 aliphatic rings. The summed E-state index contributed by atoms with van der Waals surface area (Å²) in [5.41, 5.74) is 0. The number of hydrogen-bond acceptors (Lipinski definition) is 5. The Bertz CT molecular complexity index is 159. The zero-order valence-corrected chi connectivity index (χ0v) is 6.21. The molecule has 2 atom stereocenters. The van der Waals surface area contributed by atoms with Crippen LogP contribution in [-0.4, -0.2) is 15.9 Å². The molecule has 0 saturated carbocycles. The van der Waals surface area contributed by atoms with Gasteiger partial charge in [0.05, 0.1) is 0 Å². The van der Waals surface area contributed by atoms with Crippen molar-refractivity contribution in [3.63, 3.8) is 0 Å². The van der Waals surface area contributed by atoms with Crippen LogP contribution in [0.1, 0.15) is 0 Å². The molecule has 10 heavy (non-hydrogen) atoms. The molecule has 0 bridgehead atoms. The van der Waals surface area contributed by atoms with Crippen molar-refractivity contribution in [3.05, 3.63) is 0 Å². The number of rotatable bonds is 2. The molecule has 0 heterocycles. The molecule has 2 unspecified atom stereocenters. The molecule has 0 amide bonds. The SMILES string of the molecule is N=C(O[P+](=O)O)O[P+](=O)O. The van der Waals surface area contributed by atoms with Crippen LogP contribution in [-0.2, 0) is 18.2 Å². The Kier molecular flexibility index (Phi) is 3.99. The second-order valence-corrected chi connectivity index (χ2v) is 2.26. The van der Waals surface area contributed by atoms with Gasteiger partial charge in [-0.15, -0.1) is 9.79 Å². The van der Waals surface area contributed by atoms with Gasteiger partial charge in [0.2, 0.25) is 0 Å². The summed E-state index contributed by atoms with van der Waals surface area (Å²) in [4.78, 5) is 15.9. The van der Waals surface area contributed by atoms with Crippen molar-refractivity contribution in [2.75, 3.05) is 0 Å².